The molecule has 0 aliphatic heterocycles. The molecule has 1 rings (SSSR count). The summed E-state index contributed by atoms with van der Waals surface area (Å²) in [5, 5.41) is 11.1. The molecule has 0 fully saturated rings. The second-order valence-corrected chi connectivity index (χ2v) is 5.86. The van der Waals surface area contributed by atoms with Crippen molar-refractivity contribution < 1.29 is 9.90 Å². The van der Waals surface area contributed by atoms with Crippen molar-refractivity contribution in [3.05, 3.63) is 45.1 Å². The summed E-state index contributed by atoms with van der Waals surface area (Å²) < 4.78 is 0. The summed E-state index contributed by atoms with van der Waals surface area (Å²) in [7, 11) is 1.59. The van der Waals surface area contributed by atoms with Crippen LogP contribution in [0.4, 0.5) is 0 Å². The predicted octanol–water partition coefficient (Wildman–Crippen LogP) is 4.68. The Kier molecular flexibility index (Phi) is 6.59. The van der Waals surface area contributed by atoms with E-state index in [9.17, 15) is 9.90 Å². The summed E-state index contributed by atoms with van der Waals surface area (Å²) in [5.41, 5.74) is 1.21. The highest BCUT2D eigenvalue weighted by Gasteiger charge is 2.16. The number of rotatable bonds is 4. The molecule has 0 aliphatic rings. The summed E-state index contributed by atoms with van der Waals surface area (Å²) in [6, 6.07) is 5.35. The lowest BCUT2D eigenvalue weighted by atomic mass is 10.2. The molecular formula is C14H15Cl2NO2S. The van der Waals surface area contributed by atoms with Crippen molar-refractivity contribution in [3.63, 3.8) is 0 Å². The third-order valence-corrected chi connectivity index (χ3v) is 4.37. The fourth-order valence-corrected chi connectivity index (χ4v) is 2.96. The minimum Gasteiger partial charge on any atom is -0.512 e. The van der Waals surface area contributed by atoms with Crippen molar-refractivity contribution in [2.24, 2.45) is 4.99 Å². The van der Waals surface area contributed by atoms with Crippen LogP contribution >= 0.6 is 35.0 Å². The normalized spacial score (nSPS) is 13.2. The van der Waals surface area contributed by atoms with Gasteiger partial charge in [-0.3, -0.25) is 9.79 Å². The monoisotopic (exact) mass is 331 g/mol. The average molecular weight is 332 g/mol. The molecule has 0 radical (unpaired) electrons. The summed E-state index contributed by atoms with van der Waals surface area (Å²) in [6.45, 7) is 2.88. The van der Waals surface area contributed by atoms with E-state index < -0.39 is 0 Å². The Labute approximate surface area is 132 Å². The molecule has 0 saturated carbocycles. The SMILES string of the molecule is CN=C(SCc1ccc(Cl)c(Cl)c1)/C(C(C)=O)=C(/C)O. The lowest BCUT2D eigenvalue weighted by molar-refractivity contribution is -0.113. The van der Waals surface area contributed by atoms with Gasteiger partial charge < -0.3 is 5.11 Å². The molecule has 1 N–H and O–H groups in total. The standard InChI is InChI=1S/C14H15Cl2NO2S/c1-8(18)13(9(2)19)14(17-3)20-7-10-4-5-11(15)12(16)6-10/h4-6,18H,7H2,1-3H3/b13-8-,17-14?. The molecule has 1 aromatic rings. The Morgan fingerprint density at radius 3 is 2.40 bits per heavy atom. The van der Waals surface area contributed by atoms with E-state index >= 15 is 0 Å². The van der Waals surface area contributed by atoms with E-state index in [1.807, 2.05) is 6.07 Å². The van der Waals surface area contributed by atoms with Crippen LogP contribution in [-0.4, -0.2) is 23.0 Å². The number of thioether (sulfide) groups is 1. The van der Waals surface area contributed by atoms with Gasteiger partial charge in [0.15, 0.2) is 5.78 Å². The molecule has 6 heteroatoms. The van der Waals surface area contributed by atoms with Crippen molar-refractivity contribution in [1.29, 1.82) is 0 Å². The van der Waals surface area contributed by atoms with Crippen LogP contribution in [0.15, 0.2) is 34.5 Å². The molecule has 20 heavy (non-hydrogen) atoms. The molecule has 0 amide bonds. The zero-order chi connectivity index (χ0) is 15.3. The number of halogens is 2. The number of aliphatic imine (C=N–C) groups is 1. The maximum atomic E-state index is 11.5. The molecular weight excluding hydrogens is 317 g/mol. The number of benzene rings is 1. The second-order valence-electron chi connectivity index (χ2n) is 4.08. The number of carbonyl (C=O) groups excluding carboxylic acids is 1. The summed E-state index contributed by atoms with van der Waals surface area (Å²) in [4.78, 5) is 15.6. The molecule has 0 aliphatic carbocycles. The Hall–Kier alpha value is -0.970. The van der Waals surface area contributed by atoms with Crippen LogP contribution in [0.1, 0.15) is 19.4 Å². The molecule has 0 spiro atoms. The van der Waals surface area contributed by atoms with E-state index in [0.717, 1.165) is 5.56 Å². The van der Waals surface area contributed by atoms with Gasteiger partial charge in [-0.25, -0.2) is 0 Å². The third-order valence-electron chi connectivity index (χ3n) is 2.49. The van der Waals surface area contributed by atoms with E-state index in [1.165, 1.54) is 25.6 Å². The lowest BCUT2D eigenvalue weighted by Gasteiger charge is -2.09. The molecule has 0 bridgehead atoms. The number of hydrogen-bond donors (Lipinski definition) is 1. The molecule has 3 nitrogen and oxygen atoms in total. The zero-order valence-electron chi connectivity index (χ0n) is 11.4. The first-order valence-electron chi connectivity index (χ1n) is 5.81. The summed E-state index contributed by atoms with van der Waals surface area (Å²) in [5.74, 6) is 0.333. The van der Waals surface area contributed by atoms with Crippen LogP contribution < -0.4 is 0 Å². The van der Waals surface area contributed by atoms with Crippen LogP contribution in [0.3, 0.4) is 0 Å². The first-order chi connectivity index (χ1) is 9.36. The van der Waals surface area contributed by atoms with E-state index in [-0.39, 0.29) is 17.1 Å². The molecule has 0 saturated heterocycles. The van der Waals surface area contributed by atoms with E-state index in [2.05, 4.69) is 4.99 Å². The first kappa shape index (κ1) is 17.1. The number of hydrogen-bond acceptors (Lipinski definition) is 4. The van der Waals surface area contributed by atoms with Crippen molar-refractivity contribution in [1.82, 2.24) is 0 Å². The van der Waals surface area contributed by atoms with Gasteiger partial charge in [-0.05, 0) is 31.5 Å². The maximum Gasteiger partial charge on any atom is 0.165 e. The Morgan fingerprint density at radius 2 is 1.95 bits per heavy atom. The molecule has 0 atom stereocenters. The highest BCUT2D eigenvalue weighted by atomic mass is 35.5. The number of aliphatic hydroxyl groups excluding tert-OH is 1. The Morgan fingerprint density at radius 1 is 1.30 bits per heavy atom. The van der Waals surface area contributed by atoms with Crippen LogP contribution in [0.2, 0.25) is 10.0 Å². The van der Waals surface area contributed by atoms with Crippen molar-refractivity contribution in [3.8, 4) is 0 Å². The average Bonchev–Trinajstić information content (AvgIpc) is 2.37. The minimum absolute atomic E-state index is 0.0280. The zero-order valence-corrected chi connectivity index (χ0v) is 13.7. The second kappa shape index (κ2) is 7.72. The van der Waals surface area contributed by atoms with Gasteiger partial charge in [-0.2, -0.15) is 0 Å². The highest BCUT2D eigenvalue weighted by molar-refractivity contribution is 8.13. The molecule has 0 unspecified atom stereocenters. The maximum absolute atomic E-state index is 11.5. The van der Waals surface area contributed by atoms with Gasteiger partial charge in [0.2, 0.25) is 0 Å². The minimum atomic E-state index is -0.216. The number of aliphatic hydroxyl groups is 1. The van der Waals surface area contributed by atoms with E-state index in [0.29, 0.717) is 20.8 Å². The van der Waals surface area contributed by atoms with Gasteiger partial charge in [-0.1, -0.05) is 29.3 Å². The van der Waals surface area contributed by atoms with Crippen LogP contribution in [0.25, 0.3) is 0 Å². The van der Waals surface area contributed by atoms with Gasteiger partial charge >= 0.3 is 0 Å². The first-order valence-corrected chi connectivity index (χ1v) is 7.55. The van der Waals surface area contributed by atoms with Crippen molar-refractivity contribution in [2.75, 3.05) is 7.05 Å². The molecule has 108 valence electrons. The van der Waals surface area contributed by atoms with Crippen LogP contribution in [-0.2, 0) is 10.5 Å². The third kappa shape index (κ3) is 4.54. The van der Waals surface area contributed by atoms with E-state index in [4.69, 9.17) is 23.2 Å². The quantitative estimate of drug-likeness (QED) is 0.377. The Bertz CT molecular complexity index is 579. The fraction of sp³-hybridized carbons (Fsp3) is 0.286. The van der Waals surface area contributed by atoms with E-state index in [1.54, 1.807) is 19.2 Å². The molecule has 0 heterocycles. The van der Waals surface area contributed by atoms with Gasteiger partial charge in [-0.15, -0.1) is 11.8 Å². The number of nitrogens with zero attached hydrogens (tertiary/aromatic N) is 1. The largest absolute Gasteiger partial charge is 0.512 e. The lowest BCUT2D eigenvalue weighted by Crippen LogP contribution is -2.10. The van der Waals surface area contributed by atoms with Gasteiger partial charge in [0.05, 0.1) is 15.6 Å². The fourth-order valence-electron chi connectivity index (χ4n) is 1.59. The van der Waals surface area contributed by atoms with Crippen molar-refractivity contribution in [2.45, 2.75) is 19.6 Å². The molecule has 1 aromatic carbocycles. The number of Topliss-reactive ketones (excluding diaryl/α,β-unsaturated/α-hetero) is 1. The highest BCUT2D eigenvalue weighted by Crippen LogP contribution is 2.26. The summed E-state index contributed by atoms with van der Waals surface area (Å²) in [6.07, 6.45) is 0. The smallest absolute Gasteiger partial charge is 0.165 e. The van der Waals surface area contributed by atoms with Gasteiger partial charge in [0.1, 0.15) is 10.8 Å². The summed E-state index contributed by atoms with van der Waals surface area (Å²) >= 11 is 13.2. The number of ketones is 1. The Balaban J connectivity index is 2.88. The van der Waals surface area contributed by atoms with Gasteiger partial charge in [0.25, 0.3) is 0 Å². The number of allylic oxidation sites excluding steroid dienone is 1. The van der Waals surface area contributed by atoms with Gasteiger partial charge in [0, 0.05) is 12.8 Å². The van der Waals surface area contributed by atoms with Crippen LogP contribution in [0.5, 0.6) is 0 Å². The van der Waals surface area contributed by atoms with Crippen molar-refractivity contribution >= 4 is 45.8 Å². The number of carbonyl (C=O) groups is 1. The van der Waals surface area contributed by atoms with Crippen LogP contribution in [0, 0.1) is 0 Å². The molecule has 0 aromatic heterocycles. The topological polar surface area (TPSA) is 49.7 Å². The predicted molar refractivity (Wildman–Crippen MR) is 87.1 cm³/mol.